The topological polar surface area (TPSA) is 25.8 Å². The van der Waals surface area contributed by atoms with Crippen molar-refractivity contribution in [2.24, 2.45) is 5.92 Å². The van der Waals surface area contributed by atoms with Crippen LogP contribution >= 0.6 is 11.3 Å². The zero-order chi connectivity index (χ0) is 17.7. The lowest BCUT2D eigenvalue weighted by Crippen LogP contribution is -2.84. The van der Waals surface area contributed by atoms with Crippen molar-refractivity contribution in [3.05, 3.63) is 58.3 Å². The van der Waals surface area contributed by atoms with Crippen molar-refractivity contribution in [3.8, 4) is 0 Å². The molecule has 2 N–H and O–H groups in total. The second-order valence-electron chi connectivity index (χ2n) is 8.00. The minimum atomic E-state index is 0.0178. The van der Waals surface area contributed by atoms with Crippen LogP contribution in [-0.2, 0) is 4.74 Å². The van der Waals surface area contributed by atoms with Crippen LogP contribution in [0.2, 0.25) is 0 Å². The summed E-state index contributed by atoms with van der Waals surface area (Å²) >= 11 is 1.87. The Kier molecular flexibility index (Phi) is 6.32. The van der Waals surface area contributed by atoms with Crippen LogP contribution in [0.5, 0.6) is 0 Å². The Morgan fingerprint density at radius 3 is 2.68 bits per heavy atom. The van der Waals surface area contributed by atoms with E-state index in [4.69, 9.17) is 4.74 Å². The predicted molar refractivity (Wildman–Crippen MR) is 106 cm³/mol. The highest BCUT2D eigenvalue weighted by molar-refractivity contribution is 7.10. The molecule has 3 atom stereocenters. The molecule has 2 aromatic rings. The largest absolute Gasteiger partial charge is 0.376 e. The van der Waals surface area contributed by atoms with E-state index in [0.29, 0.717) is 12.0 Å². The van der Waals surface area contributed by atoms with Crippen LogP contribution in [0.4, 0.5) is 0 Å². The summed E-state index contributed by atoms with van der Waals surface area (Å²) in [6.45, 7) is 8.88. The van der Waals surface area contributed by atoms with E-state index >= 15 is 0 Å². The number of hydrogen-bond acceptors (Lipinski definition) is 2. The van der Waals surface area contributed by atoms with Crippen molar-refractivity contribution in [3.63, 3.8) is 0 Å². The van der Waals surface area contributed by atoms with Gasteiger partial charge in [0.15, 0.2) is 0 Å². The Balaban J connectivity index is 1.65. The maximum Gasteiger partial charge on any atom is 0.118 e. The Bertz CT molecular complexity index is 623. The molecule has 3 rings (SSSR count). The van der Waals surface area contributed by atoms with Crippen molar-refractivity contribution in [1.82, 2.24) is 0 Å². The van der Waals surface area contributed by atoms with Gasteiger partial charge in [-0.25, -0.2) is 0 Å². The Hall–Kier alpha value is -1.16. The molecule has 25 heavy (non-hydrogen) atoms. The third kappa shape index (κ3) is 5.16. The van der Waals surface area contributed by atoms with Crippen molar-refractivity contribution >= 4 is 11.3 Å². The minimum absolute atomic E-state index is 0.0178. The number of ether oxygens (including phenoxy) is 1. The first-order chi connectivity index (χ1) is 12.1. The van der Waals surface area contributed by atoms with E-state index < -0.39 is 0 Å². The quantitative estimate of drug-likeness (QED) is 0.759. The summed E-state index contributed by atoms with van der Waals surface area (Å²) in [6, 6.07) is 16.1. The Labute approximate surface area is 156 Å². The average Bonchev–Trinajstić information content (AvgIpc) is 3.13. The van der Waals surface area contributed by atoms with Gasteiger partial charge in [-0.15, -0.1) is 11.3 Å². The first kappa shape index (κ1) is 18.6. The average molecular weight is 359 g/mol. The summed E-state index contributed by atoms with van der Waals surface area (Å²) in [5, 5.41) is 4.68. The molecule has 1 aliphatic heterocycles. The molecule has 2 nitrogen and oxygen atoms in total. The molecular weight excluding hydrogens is 326 g/mol. The number of thiophene rings is 1. The van der Waals surface area contributed by atoms with E-state index in [1.54, 1.807) is 0 Å². The molecule has 1 aromatic carbocycles. The van der Waals surface area contributed by atoms with Gasteiger partial charge in [0.1, 0.15) is 6.04 Å². The molecular formula is C22H32NOS+. The predicted octanol–water partition coefficient (Wildman–Crippen LogP) is 4.75. The molecule has 0 amide bonds. The highest BCUT2D eigenvalue weighted by Gasteiger charge is 2.34. The number of nitrogens with two attached hydrogens (primary N) is 1. The molecule has 0 unspecified atom stereocenters. The first-order valence-electron chi connectivity index (χ1n) is 9.61. The van der Waals surface area contributed by atoms with Crippen molar-refractivity contribution in [2.45, 2.75) is 57.6 Å². The van der Waals surface area contributed by atoms with Crippen LogP contribution in [0.15, 0.2) is 47.8 Å². The van der Waals surface area contributed by atoms with Crippen LogP contribution in [0.25, 0.3) is 0 Å². The van der Waals surface area contributed by atoms with Gasteiger partial charge in [0.25, 0.3) is 0 Å². The zero-order valence-electron chi connectivity index (χ0n) is 15.8. The van der Waals surface area contributed by atoms with Gasteiger partial charge < -0.3 is 10.1 Å². The summed E-state index contributed by atoms with van der Waals surface area (Å²) in [5.74, 6) is 1.35. The van der Waals surface area contributed by atoms with E-state index in [-0.39, 0.29) is 5.60 Å². The molecule has 0 saturated carbocycles. The van der Waals surface area contributed by atoms with E-state index in [9.17, 15) is 0 Å². The SMILES string of the molecule is C[C@H]([NH2+]CC[C@H](c1ccccc1)[C@@H]1CCOC(C)(C)C1)c1cccs1. The number of quaternary nitrogens is 1. The summed E-state index contributed by atoms with van der Waals surface area (Å²) in [5.41, 5.74) is 1.52. The van der Waals surface area contributed by atoms with Crippen LogP contribution in [-0.4, -0.2) is 18.8 Å². The molecule has 1 saturated heterocycles. The van der Waals surface area contributed by atoms with Gasteiger partial charge in [0, 0.05) is 13.0 Å². The second-order valence-corrected chi connectivity index (χ2v) is 8.97. The van der Waals surface area contributed by atoms with Gasteiger partial charge in [0.05, 0.1) is 17.0 Å². The molecule has 0 radical (unpaired) electrons. The number of benzene rings is 1. The normalized spacial score (nSPS) is 22.4. The number of rotatable bonds is 7. The van der Waals surface area contributed by atoms with E-state index in [2.05, 4.69) is 73.9 Å². The lowest BCUT2D eigenvalue weighted by molar-refractivity contribution is -0.692. The summed E-state index contributed by atoms with van der Waals surface area (Å²) in [4.78, 5) is 1.48. The van der Waals surface area contributed by atoms with Crippen molar-refractivity contribution in [2.75, 3.05) is 13.2 Å². The van der Waals surface area contributed by atoms with Crippen LogP contribution in [0.1, 0.15) is 62.4 Å². The van der Waals surface area contributed by atoms with Crippen LogP contribution in [0, 0.1) is 5.92 Å². The Morgan fingerprint density at radius 2 is 2.00 bits per heavy atom. The summed E-state index contributed by atoms with van der Waals surface area (Å²) in [7, 11) is 0. The second kappa shape index (κ2) is 8.48. The fraction of sp³-hybridized carbons (Fsp3) is 0.545. The number of hydrogen-bond donors (Lipinski definition) is 1. The summed E-state index contributed by atoms with van der Waals surface area (Å²) < 4.78 is 5.97. The molecule has 1 aliphatic rings. The third-order valence-electron chi connectivity index (χ3n) is 5.52. The molecule has 1 aromatic heterocycles. The molecule has 2 heterocycles. The molecule has 0 spiro atoms. The van der Waals surface area contributed by atoms with Gasteiger partial charge >= 0.3 is 0 Å². The molecule has 136 valence electrons. The van der Waals surface area contributed by atoms with E-state index in [0.717, 1.165) is 18.9 Å². The van der Waals surface area contributed by atoms with Crippen LogP contribution in [0.3, 0.4) is 0 Å². The monoisotopic (exact) mass is 358 g/mol. The fourth-order valence-electron chi connectivity index (χ4n) is 4.19. The lowest BCUT2D eigenvalue weighted by atomic mass is 9.75. The molecule has 3 heteroatoms. The van der Waals surface area contributed by atoms with Gasteiger partial charge in [-0.05, 0) is 62.5 Å². The highest BCUT2D eigenvalue weighted by Crippen LogP contribution is 2.39. The Morgan fingerprint density at radius 1 is 1.20 bits per heavy atom. The third-order valence-corrected chi connectivity index (χ3v) is 6.60. The van der Waals surface area contributed by atoms with Gasteiger partial charge in [-0.2, -0.15) is 0 Å². The van der Waals surface area contributed by atoms with E-state index in [1.807, 2.05) is 11.3 Å². The van der Waals surface area contributed by atoms with Crippen molar-refractivity contribution < 1.29 is 10.1 Å². The molecule has 0 bridgehead atoms. The van der Waals surface area contributed by atoms with Gasteiger partial charge in [0.2, 0.25) is 0 Å². The summed E-state index contributed by atoms with van der Waals surface area (Å²) in [6.07, 6.45) is 3.58. The molecule has 1 fully saturated rings. The fourth-order valence-corrected chi connectivity index (χ4v) is 4.97. The molecule has 0 aliphatic carbocycles. The maximum atomic E-state index is 5.97. The lowest BCUT2D eigenvalue weighted by Gasteiger charge is -2.39. The van der Waals surface area contributed by atoms with Crippen molar-refractivity contribution in [1.29, 1.82) is 0 Å². The van der Waals surface area contributed by atoms with Gasteiger partial charge in [-0.3, -0.25) is 0 Å². The zero-order valence-corrected chi connectivity index (χ0v) is 16.6. The smallest absolute Gasteiger partial charge is 0.118 e. The van der Waals surface area contributed by atoms with Gasteiger partial charge in [-0.1, -0.05) is 36.4 Å². The van der Waals surface area contributed by atoms with E-state index in [1.165, 1.54) is 29.8 Å². The first-order valence-corrected chi connectivity index (χ1v) is 10.5. The minimum Gasteiger partial charge on any atom is -0.376 e. The maximum absolute atomic E-state index is 5.97. The standard InChI is InChI=1S/C22H31NOS/c1-17(21-10-7-15-25-21)23-13-11-20(18-8-5-4-6-9-18)19-12-14-24-22(2,3)16-19/h4-10,15,17,19-20,23H,11-14,16H2,1-3H3/p+1/t17-,19+,20+/m0/s1. The van der Waals surface area contributed by atoms with Crippen LogP contribution < -0.4 is 5.32 Å². The highest BCUT2D eigenvalue weighted by atomic mass is 32.1.